The van der Waals surface area contributed by atoms with E-state index in [9.17, 15) is 0 Å². The third-order valence-corrected chi connectivity index (χ3v) is 3.49. The summed E-state index contributed by atoms with van der Waals surface area (Å²) in [5, 5.41) is 11.5. The summed E-state index contributed by atoms with van der Waals surface area (Å²) in [4.78, 5) is 0. The monoisotopic (exact) mass is 238 g/mol. The molecule has 0 N–H and O–H groups in total. The predicted octanol–water partition coefficient (Wildman–Crippen LogP) is 3.37. The quantitative estimate of drug-likeness (QED) is 0.619. The van der Waals surface area contributed by atoms with E-state index >= 15 is 0 Å². The lowest BCUT2D eigenvalue weighted by molar-refractivity contribution is 0.393. The van der Waals surface area contributed by atoms with Crippen molar-refractivity contribution in [1.82, 2.24) is 20.2 Å². The molecule has 1 heterocycles. The molecule has 0 bridgehead atoms. The fourth-order valence-electron chi connectivity index (χ4n) is 2.20. The molecule has 0 aliphatic carbocycles. The molecule has 0 amide bonds. The Morgan fingerprint density at radius 1 is 1.12 bits per heavy atom. The summed E-state index contributed by atoms with van der Waals surface area (Å²) in [5.41, 5.74) is 0. The average molecular weight is 238 g/mol. The maximum atomic E-state index is 3.96. The molecule has 0 saturated carbocycles. The summed E-state index contributed by atoms with van der Waals surface area (Å²) in [6, 6.07) is 0. The Labute approximate surface area is 105 Å². The first-order chi connectivity index (χ1) is 8.27. The van der Waals surface area contributed by atoms with Crippen LogP contribution in [0.3, 0.4) is 0 Å². The van der Waals surface area contributed by atoms with Crippen molar-refractivity contribution in [3.63, 3.8) is 0 Å². The van der Waals surface area contributed by atoms with Crippen molar-refractivity contribution >= 4 is 0 Å². The zero-order valence-electron chi connectivity index (χ0n) is 11.5. The molecule has 1 rings (SSSR count). The number of nitrogens with zero attached hydrogens (tertiary/aromatic N) is 4. The van der Waals surface area contributed by atoms with Crippen LogP contribution in [0.5, 0.6) is 0 Å². The van der Waals surface area contributed by atoms with Gasteiger partial charge in [-0.2, -0.15) is 0 Å². The first-order valence-corrected chi connectivity index (χ1v) is 7.00. The molecule has 4 heteroatoms. The number of aromatic nitrogens is 4. The molecule has 0 aromatic carbocycles. The molecule has 0 radical (unpaired) electrons. The molecule has 1 unspecified atom stereocenters. The molecule has 98 valence electrons. The van der Waals surface area contributed by atoms with Crippen molar-refractivity contribution in [2.45, 2.75) is 72.3 Å². The Morgan fingerprint density at radius 2 is 1.88 bits per heavy atom. The van der Waals surface area contributed by atoms with Crippen molar-refractivity contribution in [3.8, 4) is 0 Å². The van der Waals surface area contributed by atoms with Crippen molar-refractivity contribution in [1.29, 1.82) is 0 Å². The second-order valence-electron chi connectivity index (χ2n) is 4.86. The maximum Gasteiger partial charge on any atom is 0.148 e. The lowest BCUT2D eigenvalue weighted by atomic mass is 9.94. The molecule has 0 fully saturated rings. The Kier molecular flexibility index (Phi) is 6.82. The summed E-state index contributed by atoms with van der Waals surface area (Å²) >= 11 is 0. The molecule has 0 aliphatic rings. The van der Waals surface area contributed by atoms with Crippen molar-refractivity contribution < 1.29 is 0 Å². The lowest BCUT2D eigenvalue weighted by Gasteiger charge is -2.13. The van der Waals surface area contributed by atoms with Gasteiger partial charge in [-0.25, -0.2) is 4.68 Å². The summed E-state index contributed by atoms with van der Waals surface area (Å²) in [6.07, 6.45) is 9.26. The van der Waals surface area contributed by atoms with Gasteiger partial charge < -0.3 is 0 Å². The van der Waals surface area contributed by atoms with E-state index in [-0.39, 0.29) is 0 Å². The third kappa shape index (κ3) is 5.29. The van der Waals surface area contributed by atoms with Crippen LogP contribution in [0.1, 0.15) is 64.6 Å². The molecule has 0 spiro atoms. The number of rotatable bonds is 9. The van der Waals surface area contributed by atoms with E-state index in [1.54, 1.807) is 0 Å². The highest BCUT2D eigenvalue weighted by atomic mass is 15.5. The van der Waals surface area contributed by atoms with E-state index in [4.69, 9.17) is 0 Å². The Hall–Kier alpha value is -0.930. The van der Waals surface area contributed by atoms with Crippen LogP contribution in [0.15, 0.2) is 0 Å². The standard InChI is InChI=1S/C13H26N4/c1-4-6-9-13(5-2)10-7-8-11-17-12(3)14-15-16-17/h13H,4-11H2,1-3H3. The van der Waals surface area contributed by atoms with Gasteiger partial charge in [0.15, 0.2) is 0 Å². The SMILES string of the molecule is CCCCC(CC)CCCCn1nnnc1C. The first kappa shape index (κ1) is 14.1. The van der Waals surface area contributed by atoms with Crippen LogP contribution >= 0.6 is 0 Å². The highest BCUT2D eigenvalue weighted by molar-refractivity contribution is 4.72. The Balaban J connectivity index is 2.12. The van der Waals surface area contributed by atoms with Gasteiger partial charge in [-0.1, -0.05) is 52.4 Å². The number of unbranched alkanes of at least 4 members (excludes halogenated alkanes) is 2. The third-order valence-electron chi connectivity index (χ3n) is 3.49. The minimum atomic E-state index is 0.919. The average Bonchev–Trinajstić information content (AvgIpc) is 2.74. The van der Waals surface area contributed by atoms with E-state index in [0.29, 0.717) is 0 Å². The lowest BCUT2D eigenvalue weighted by Crippen LogP contribution is -2.04. The van der Waals surface area contributed by atoms with Crippen molar-refractivity contribution in [2.75, 3.05) is 0 Å². The predicted molar refractivity (Wildman–Crippen MR) is 69.7 cm³/mol. The first-order valence-electron chi connectivity index (χ1n) is 7.00. The van der Waals surface area contributed by atoms with Crippen molar-refractivity contribution in [2.24, 2.45) is 5.92 Å². The molecule has 1 aromatic heterocycles. The minimum absolute atomic E-state index is 0.919. The van der Waals surface area contributed by atoms with Crippen LogP contribution in [-0.4, -0.2) is 20.2 Å². The van der Waals surface area contributed by atoms with Crippen LogP contribution in [-0.2, 0) is 6.54 Å². The number of hydrogen-bond acceptors (Lipinski definition) is 3. The van der Waals surface area contributed by atoms with Crippen LogP contribution in [0, 0.1) is 12.8 Å². The highest BCUT2D eigenvalue weighted by Crippen LogP contribution is 2.19. The van der Waals surface area contributed by atoms with Gasteiger partial charge in [0.2, 0.25) is 0 Å². The topological polar surface area (TPSA) is 43.6 Å². The molecule has 17 heavy (non-hydrogen) atoms. The van der Waals surface area contributed by atoms with E-state index < -0.39 is 0 Å². The van der Waals surface area contributed by atoms with Gasteiger partial charge in [-0.15, -0.1) is 5.10 Å². The molecule has 0 saturated heterocycles. The van der Waals surface area contributed by atoms with Crippen LogP contribution < -0.4 is 0 Å². The molecule has 1 aromatic rings. The normalized spacial score (nSPS) is 12.9. The van der Waals surface area contributed by atoms with Crippen molar-refractivity contribution in [3.05, 3.63) is 5.82 Å². The van der Waals surface area contributed by atoms with E-state index in [0.717, 1.165) is 18.3 Å². The summed E-state index contributed by atoms with van der Waals surface area (Å²) < 4.78 is 1.90. The van der Waals surface area contributed by atoms with E-state index in [1.165, 1.54) is 44.9 Å². The highest BCUT2D eigenvalue weighted by Gasteiger charge is 2.06. The maximum absolute atomic E-state index is 3.96. The number of aryl methyl sites for hydroxylation is 2. The Bertz CT molecular complexity index is 295. The molecule has 0 aliphatic heterocycles. The Morgan fingerprint density at radius 3 is 2.47 bits per heavy atom. The number of hydrogen-bond donors (Lipinski definition) is 0. The minimum Gasteiger partial charge on any atom is -0.230 e. The molecular formula is C13H26N4. The van der Waals surface area contributed by atoms with Gasteiger partial charge in [-0.3, -0.25) is 0 Å². The molecule has 1 atom stereocenters. The second-order valence-corrected chi connectivity index (χ2v) is 4.86. The van der Waals surface area contributed by atoms with E-state index in [1.807, 2.05) is 11.6 Å². The van der Waals surface area contributed by atoms with Crippen LogP contribution in [0.25, 0.3) is 0 Å². The molecule has 4 nitrogen and oxygen atoms in total. The van der Waals surface area contributed by atoms with Gasteiger partial charge in [0.05, 0.1) is 0 Å². The smallest absolute Gasteiger partial charge is 0.148 e. The fourth-order valence-corrected chi connectivity index (χ4v) is 2.20. The van der Waals surface area contributed by atoms with Gasteiger partial charge in [0.1, 0.15) is 5.82 Å². The zero-order valence-corrected chi connectivity index (χ0v) is 11.5. The molecular weight excluding hydrogens is 212 g/mol. The van der Waals surface area contributed by atoms with E-state index in [2.05, 4.69) is 29.4 Å². The summed E-state index contributed by atoms with van der Waals surface area (Å²) in [5.74, 6) is 1.84. The van der Waals surface area contributed by atoms with Crippen LogP contribution in [0.4, 0.5) is 0 Å². The fraction of sp³-hybridized carbons (Fsp3) is 0.923. The van der Waals surface area contributed by atoms with Gasteiger partial charge in [0, 0.05) is 6.54 Å². The zero-order chi connectivity index (χ0) is 12.5. The van der Waals surface area contributed by atoms with Gasteiger partial charge in [0.25, 0.3) is 0 Å². The van der Waals surface area contributed by atoms with Gasteiger partial charge >= 0.3 is 0 Å². The second kappa shape index (κ2) is 8.20. The largest absolute Gasteiger partial charge is 0.230 e. The summed E-state index contributed by atoms with van der Waals surface area (Å²) in [6.45, 7) is 7.50. The van der Waals surface area contributed by atoms with Gasteiger partial charge in [-0.05, 0) is 29.7 Å². The number of tetrazole rings is 1. The van der Waals surface area contributed by atoms with Crippen LogP contribution in [0.2, 0.25) is 0 Å². The summed E-state index contributed by atoms with van der Waals surface area (Å²) in [7, 11) is 0.